The number of hydrogen-bond acceptors (Lipinski definition) is 5. The minimum Gasteiger partial charge on any atom is -0.469 e. The van der Waals surface area contributed by atoms with Crippen LogP contribution in [0, 0.1) is 6.92 Å². The van der Waals surface area contributed by atoms with Crippen molar-refractivity contribution in [1.29, 1.82) is 0 Å². The highest BCUT2D eigenvalue weighted by molar-refractivity contribution is 7.09. The van der Waals surface area contributed by atoms with E-state index in [0.717, 1.165) is 23.1 Å². The monoisotopic (exact) mass is 223 g/mol. The Hall–Kier alpha value is -1.36. The van der Waals surface area contributed by atoms with Gasteiger partial charge in [-0.1, -0.05) is 0 Å². The first-order chi connectivity index (χ1) is 7.24. The molecule has 1 unspecified atom stereocenters. The molecule has 0 aliphatic carbocycles. The average Bonchev–Trinajstić information content (AvgIpc) is 2.77. The van der Waals surface area contributed by atoms with Crippen molar-refractivity contribution in [3.8, 4) is 0 Å². The fourth-order valence-corrected chi connectivity index (χ4v) is 2.03. The molecule has 0 radical (unpaired) electrons. The molecule has 0 fully saturated rings. The molecule has 2 rings (SSSR count). The summed E-state index contributed by atoms with van der Waals surface area (Å²) in [5.74, 6) is 1.80. The van der Waals surface area contributed by atoms with Crippen molar-refractivity contribution < 1.29 is 4.42 Å². The molecule has 15 heavy (non-hydrogen) atoms. The summed E-state index contributed by atoms with van der Waals surface area (Å²) in [6, 6.07) is 4.17. The standard InChI is InChI=1S/C10H13N3OS/c1-7(6-9-4-3-5-14-9)11-10-12-8(2)13-15-10/h3-5,7H,6H2,1-2H3,(H,11,12,13). The predicted molar refractivity (Wildman–Crippen MR) is 60.1 cm³/mol. The highest BCUT2D eigenvalue weighted by atomic mass is 32.1. The van der Waals surface area contributed by atoms with Gasteiger partial charge in [0.2, 0.25) is 5.13 Å². The zero-order chi connectivity index (χ0) is 10.7. The lowest BCUT2D eigenvalue weighted by Gasteiger charge is -2.10. The molecule has 0 aliphatic rings. The molecule has 4 nitrogen and oxygen atoms in total. The zero-order valence-corrected chi connectivity index (χ0v) is 9.54. The van der Waals surface area contributed by atoms with Gasteiger partial charge in [0.25, 0.3) is 0 Å². The van der Waals surface area contributed by atoms with Gasteiger partial charge in [0.15, 0.2) is 0 Å². The summed E-state index contributed by atoms with van der Waals surface area (Å²) < 4.78 is 9.39. The molecule has 0 amide bonds. The van der Waals surface area contributed by atoms with Gasteiger partial charge in [-0.25, -0.2) is 4.98 Å². The van der Waals surface area contributed by atoms with Gasteiger partial charge in [-0.05, 0) is 26.0 Å². The first-order valence-electron chi connectivity index (χ1n) is 4.83. The van der Waals surface area contributed by atoms with Crippen LogP contribution in [0.2, 0.25) is 0 Å². The van der Waals surface area contributed by atoms with Crippen molar-refractivity contribution in [1.82, 2.24) is 9.36 Å². The van der Waals surface area contributed by atoms with Crippen LogP contribution in [0.1, 0.15) is 18.5 Å². The highest BCUT2D eigenvalue weighted by Crippen LogP contribution is 2.13. The molecule has 0 spiro atoms. The fraction of sp³-hybridized carbons (Fsp3) is 0.400. The number of aromatic nitrogens is 2. The summed E-state index contributed by atoms with van der Waals surface area (Å²) in [5, 5.41) is 4.15. The fourth-order valence-electron chi connectivity index (χ4n) is 1.35. The number of nitrogens with zero attached hydrogens (tertiary/aromatic N) is 2. The van der Waals surface area contributed by atoms with Crippen molar-refractivity contribution in [2.24, 2.45) is 0 Å². The molecule has 2 aromatic rings. The van der Waals surface area contributed by atoms with Gasteiger partial charge in [0.1, 0.15) is 11.6 Å². The summed E-state index contributed by atoms with van der Waals surface area (Å²) in [7, 11) is 0. The maximum Gasteiger partial charge on any atom is 0.202 e. The van der Waals surface area contributed by atoms with E-state index < -0.39 is 0 Å². The van der Waals surface area contributed by atoms with Gasteiger partial charge < -0.3 is 9.73 Å². The minimum absolute atomic E-state index is 0.295. The Labute approximate surface area is 92.5 Å². The van der Waals surface area contributed by atoms with Crippen LogP contribution in [-0.2, 0) is 6.42 Å². The van der Waals surface area contributed by atoms with E-state index in [1.54, 1.807) is 6.26 Å². The second-order valence-electron chi connectivity index (χ2n) is 3.48. The number of hydrogen-bond donors (Lipinski definition) is 1. The molecule has 1 N–H and O–H groups in total. The Balaban J connectivity index is 1.90. The Kier molecular flexibility index (Phi) is 3.01. The van der Waals surface area contributed by atoms with Gasteiger partial charge in [-0.15, -0.1) is 0 Å². The van der Waals surface area contributed by atoms with E-state index in [1.165, 1.54) is 11.5 Å². The molecule has 0 aromatic carbocycles. The SMILES string of the molecule is Cc1nsc(NC(C)Cc2ccco2)n1. The Bertz CT molecular complexity index is 410. The summed E-state index contributed by atoms with van der Waals surface area (Å²) >= 11 is 1.39. The van der Waals surface area contributed by atoms with E-state index in [1.807, 2.05) is 19.1 Å². The molecule has 5 heteroatoms. The Morgan fingerprint density at radius 3 is 3.07 bits per heavy atom. The van der Waals surface area contributed by atoms with E-state index in [9.17, 15) is 0 Å². The van der Waals surface area contributed by atoms with Crippen LogP contribution >= 0.6 is 11.5 Å². The number of rotatable bonds is 4. The van der Waals surface area contributed by atoms with Crippen molar-refractivity contribution in [2.45, 2.75) is 26.3 Å². The third kappa shape index (κ3) is 2.79. The van der Waals surface area contributed by atoms with Crippen molar-refractivity contribution >= 4 is 16.7 Å². The van der Waals surface area contributed by atoms with E-state index in [2.05, 4.69) is 21.6 Å². The van der Waals surface area contributed by atoms with Gasteiger partial charge in [0, 0.05) is 24.0 Å². The number of furan rings is 1. The largest absolute Gasteiger partial charge is 0.469 e. The normalized spacial score (nSPS) is 12.7. The summed E-state index contributed by atoms with van der Waals surface area (Å²) in [6.45, 7) is 3.98. The lowest BCUT2D eigenvalue weighted by Crippen LogP contribution is -2.17. The van der Waals surface area contributed by atoms with Crippen LogP contribution in [0.15, 0.2) is 22.8 Å². The quantitative estimate of drug-likeness (QED) is 0.865. The van der Waals surface area contributed by atoms with Gasteiger partial charge >= 0.3 is 0 Å². The Morgan fingerprint density at radius 2 is 2.47 bits per heavy atom. The summed E-state index contributed by atoms with van der Waals surface area (Å²) in [4.78, 5) is 4.25. The number of anilines is 1. The Morgan fingerprint density at radius 1 is 1.60 bits per heavy atom. The maximum atomic E-state index is 5.27. The van der Waals surface area contributed by atoms with E-state index in [-0.39, 0.29) is 0 Å². The number of nitrogens with one attached hydrogen (secondary N) is 1. The molecule has 2 heterocycles. The van der Waals surface area contributed by atoms with Crippen LogP contribution in [-0.4, -0.2) is 15.4 Å². The van der Waals surface area contributed by atoms with Crippen LogP contribution in [0.3, 0.4) is 0 Å². The lowest BCUT2D eigenvalue weighted by molar-refractivity contribution is 0.497. The molecule has 1 atom stereocenters. The van der Waals surface area contributed by atoms with Crippen LogP contribution in [0.5, 0.6) is 0 Å². The topological polar surface area (TPSA) is 51.0 Å². The molecular formula is C10H13N3OS. The summed E-state index contributed by atoms with van der Waals surface area (Å²) in [6.07, 6.45) is 2.54. The van der Waals surface area contributed by atoms with Gasteiger partial charge in [0.05, 0.1) is 6.26 Å². The third-order valence-corrected chi connectivity index (χ3v) is 2.72. The molecule has 0 saturated heterocycles. The molecule has 0 saturated carbocycles. The molecule has 0 aliphatic heterocycles. The second-order valence-corrected chi connectivity index (χ2v) is 4.23. The van der Waals surface area contributed by atoms with E-state index >= 15 is 0 Å². The minimum atomic E-state index is 0.295. The first-order valence-corrected chi connectivity index (χ1v) is 5.60. The first kappa shape index (κ1) is 10.2. The van der Waals surface area contributed by atoms with Crippen molar-refractivity contribution in [2.75, 3.05) is 5.32 Å². The summed E-state index contributed by atoms with van der Waals surface area (Å²) in [5.41, 5.74) is 0. The molecule has 2 aromatic heterocycles. The lowest BCUT2D eigenvalue weighted by atomic mass is 10.2. The van der Waals surface area contributed by atoms with Crippen LogP contribution in [0.25, 0.3) is 0 Å². The van der Waals surface area contributed by atoms with E-state index in [4.69, 9.17) is 4.42 Å². The molecule has 0 bridgehead atoms. The van der Waals surface area contributed by atoms with Crippen molar-refractivity contribution in [3.05, 3.63) is 30.0 Å². The van der Waals surface area contributed by atoms with Gasteiger partial charge in [-0.3, -0.25) is 0 Å². The highest BCUT2D eigenvalue weighted by Gasteiger charge is 2.07. The van der Waals surface area contributed by atoms with Crippen LogP contribution in [0.4, 0.5) is 5.13 Å². The van der Waals surface area contributed by atoms with E-state index in [0.29, 0.717) is 6.04 Å². The maximum absolute atomic E-state index is 5.27. The van der Waals surface area contributed by atoms with Crippen molar-refractivity contribution in [3.63, 3.8) is 0 Å². The zero-order valence-electron chi connectivity index (χ0n) is 8.73. The molecule has 80 valence electrons. The second kappa shape index (κ2) is 4.44. The third-order valence-electron chi connectivity index (χ3n) is 1.98. The predicted octanol–water partition coefficient (Wildman–Crippen LogP) is 2.48. The van der Waals surface area contributed by atoms with Gasteiger partial charge in [-0.2, -0.15) is 4.37 Å². The average molecular weight is 223 g/mol. The smallest absolute Gasteiger partial charge is 0.202 e. The van der Waals surface area contributed by atoms with Crippen LogP contribution < -0.4 is 5.32 Å². The number of aryl methyl sites for hydroxylation is 1. The molecular weight excluding hydrogens is 210 g/mol.